The molecule has 0 heterocycles. The molecule has 0 aliphatic heterocycles. The van der Waals surface area contributed by atoms with Crippen LogP contribution in [0, 0.1) is 5.92 Å². The molecule has 0 aromatic rings. The molecule has 1 fully saturated rings. The smallest absolute Gasteiger partial charge is 0.0648 e. The second-order valence-corrected chi connectivity index (χ2v) is 4.05. The maximum atomic E-state index is 5.64. The van der Waals surface area contributed by atoms with Gasteiger partial charge in [0.05, 0.1) is 12.7 Å². The molecule has 1 saturated carbocycles. The molecule has 1 aliphatic carbocycles. The normalized spacial score (nSPS) is 28.7. The van der Waals surface area contributed by atoms with E-state index >= 15 is 0 Å². The molecule has 0 radical (unpaired) electrons. The van der Waals surface area contributed by atoms with Crippen LogP contribution in [-0.2, 0) is 4.74 Å². The third kappa shape index (κ3) is 3.95. The molecule has 1 aliphatic rings. The van der Waals surface area contributed by atoms with Crippen LogP contribution in [0.2, 0.25) is 0 Å². The van der Waals surface area contributed by atoms with Crippen molar-refractivity contribution in [3.05, 3.63) is 12.7 Å². The Hall–Kier alpha value is -0.300. The number of ether oxygens (including phenoxy) is 1. The fraction of sp³-hybridized carbons (Fsp3) is 0.833. The van der Waals surface area contributed by atoms with Crippen LogP contribution in [-0.4, -0.2) is 12.7 Å². The number of hydrogen-bond donors (Lipinski definition) is 0. The molecule has 0 aromatic heterocycles. The van der Waals surface area contributed by atoms with E-state index in [-0.39, 0.29) is 0 Å². The fourth-order valence-corrected chi connectivity index (χ4v) is 2.20. The van der Waals surface area contributed by atoms with E-state index in [0.29, 0.717) is 6.10 Å². The summed E-state index contributed by atoms with van der Waals surface area (Å²) in [6.45, 7) is 6.67. The average molecular weight is 182 g/mol. The van der Waals surface area contributed by atoms with Gasteiger partial charge in [0, 0.05) is 0 Å². The van der Waals surface area contributed by atoms with Gasteiger partial charge in [-0.25, -0.2) is 0 Å². The molecule has 1 rings (SSSR count). The summed E-state index contributed by atoms with van der Waals surface area (Å²) in [7, 11) is 0. The van der Waals surface area contributed by atoms with E-state index in [9.17, 15) is 0 Å². The Bertz CT molecular complexity index is 134. The largest absolute Gasteiger partial charge is 0.374 e. The molecular formula is C12H22O. The van der Waals surface area contributed by atoms with Crippen molar-refractivity contribution < 1.29 is 4.74 Å². The summed E-state index contributed by atoms with van der Waals surface area (Å²) >= 11 is 0. The maximum Gasteiger partial charge on any atom is 0.0648 e. The van der Waals surface area contributed by atoms with Gasteiger partial charge in [-0.15, -0.1) is 6.58 Å². The van der Waals surface area contributed by atoms with Gasteiger partial charge in [-0.1, -0.05) is 25.8 Å². The quantitative estimate of drug-likeness (QED) is 0.591. The lowest BCUT2D eigenvalue weighted by atomic mass is 9.85. The van der Waals surface area contributed by atoms with Gasteiger partial charge in [-0.2, -0.15) is 0 Å². The minimum absolute atomic E-state index is 0.520. The standard InChI is InChI=1S/C12H22O/c1-3-5-11-6-8-12(9-7-11)13-10-4-2/h4,11-12H,2-3,5-10H2,1H3. The van der Waals surface area contributed by atoms with Gasteiger partial charge < -0.3 is 4.74 Å². The van der Waals surface area contributed by atoms with Crippen molar-refractivity contribution in [2.75, 3.05) is 6.61 Å². The van der Waals surface area contributed by atoms with Gasteiger partial charge in [0.15, 0.2) is 0 Å². The number of hydrogen-bond acceptors (Lipinski definition) is 1. The topological polar surface area (TPSA) is 9.23 Å². The molecule has 1 heteroatoms. The highest BCUT2D eigenvalue weighted by Crippen LogP contribution is 2.29. The first-order chi connectivity index (χ1) is 6.36. The van der Waals surface area contributed by atoms with Crippen molar-refractivity contribution in [1.82, 2.24) is 0 Å². The summed E-state index contributed by atoms with van der Waals surface area (Å²) < 4.78 is 5.64. The first-order valence-electron chi connectivity index (χ1n) is 5.59. The first kappa shape index (κ1) is 10.8. The molecule has 76 valence electrons. The second-order valence-electron chi connectivity index (χ2n) is 4.05. The monoisotopic (exact) mass is 182 g/mol. The SMILES string of the molecule is C=CCOC1CCC(CCC)CC1. The lowest BCUT2D eigenvalue weighted by Gasteiger charge is -2.27. The fourth-order valence-electron chi connectivity index (χ4n) is 2.20. The lowest BCUT2D eigenvalue weighted by Crippen LogP contribution is -2.21. The molecule has 0 atom stereocenters. The van der Waals surface area contributed by atoms with Gasteiger partial charge in [0.1, 0.15) is 0 Å². The van der Waals surface area contributed by atoms with Crippen LogP contribution in [0.4, 0.5) is 0 Å². The summed E-state index contributed by atoms with van der Waals surface area (Å²) in [5.74, 6) is 0.980. The third-order valence-corrected chi connectivity index (χ3v) is 2.94. The molecule has 0 unspecified atom stereocenters. The molecule has 0 amide bonds. The third-order valence-electron chi connectivity index (χ3n) is 2.94. The van der Waals surface area contributed by atoms with E-state index < -0.39 is 0 Å². The van der Waals surface area contributed by atoms with Crippen LogP contribution < -0.4 is 0 Å². The summed E-state index contributed by atoms with van der Waals surface area (Å²) in [5, 5.41) is 0. The lowest BCUT2D eigenvalue weighted by molar-refractivity contribution is 0.0337. The van der Waals surface area contributed by atoms with Gasteiger partial charge in [0.25, 0.3) is 0 Å². The summed E-state index contributed by atoms with van der Waals surface area (Å²) in [6.07, 6.45) is 10.4. The minimum Gasteiger partial charge on any atom is -0.374 e. The van der Waals surface area contributed by atoms with Gasteiger partial charge >= 0.3 is 0 Å². The minimum atomic E-state index is 0.520. The van der Waals surface area contributed by atoms with E-state index in [0.717, 1.165) is 12.5 Å². The Balaban J connectivity index is 2.11. The maximum absolute atomic E-state index is 5.64. The highest BCUT2D eigenvalue weighted by Gasteiger charge is 2.20. The van der Waals surface area contributed by atoms with E-state index in [1.807, 2.05) is 6.08 Å². The van der Waals surface area contributed by atoms with Crippen molar-refractivity contribution in [3.8, 4) is 0 Å². The van der Waals surface area contributed by atoms with Crippen LogP contribution in [0.3, 0.4) is 0 Å². The van der Waals surface area contributed by atoms with Crippen molar-refractivity contribution >= 4 is 0 Å². The van der Waals surface area contributed by atoms with Crippen LogP contribution >= 0.6 is 0 Å². The van der Waals surface area contributed by atoms with E-state index in [4.69, 9.17) is 4.74 Å². The zero-order valence-electron chi connectivity index (χ0n) is 8.80. The molecule has 0 aromatic carbocycles. The zero-order chi connectivity index (χ0) is 9.52. The molecule has 0 spiro atoms. The van der Waals surface area contributed by atoms with Gasteiger partial charge in [-0.3, -0.25) is 0 Å². The predicted octanol–water partition coefficient (Wildman–Crippen LogP) is 3.55. The summed E-state index contributed by atoms with van der Waals surface area (Å²) in [6, 6.07) is 0. The zero-order valence-corrected chi connectivity index (χ0v) is 8.80. The predicted molar refractivity (Wildman–Crippen MR) is 56.8 cm³/mol. The van der Waals surface area contributed by atoms with Crippen LogP contribution in [0.15, 0.2) is 12.7 Å². The van der Waals surface area contributed by atoms with E-state index in [1.54, 1.807) is 0 Å². The Morgan fingerprint density at radius 3 is 2.54 bits per heavy atom. The highest BCUT2D eigenvalue weighted by atomic mass is 16.5. The van der Waals surface area contributed by atoms with Crippen molar-refractivity contribution in [1.29, 1.82) is 0 Å². The van der Waals surface area contributed by atoms with Crippen LogP contribution in [0.1, 0.15) is 45.4 Å². The Morgan fingerprint density at radius 1 is 1.31 bits per heavy atom. The van der Waals surface area contributed by atoms with Crippen molar-refractivity contribution in [3.63, 3.8) is 0 Å². The van der Waals surface area contributed by atoms with Gasteiger partial charge in [-0.05, 0) is 31.6 Å². The molecule has 0 bridgehead atoms. The molecule has 0 saturated heterocycles. The second kappa shape index (κ2) is 6.20. The highest BCUT2D eigenvalue weighted by molar-refractivity contribution is 4.74. The average Bonchev–Trinajstić information content (AvgIpc) is 2.17. The Labute approximate surface area is 82.2 Å². The van der Waals surface area contributed by atoms with Crippen molar-refractivity contribution in [2.45, 2.75) is 51.6 Å². The molecule has 1 nitrogen and oxygen atoms in total. The summed E-state index contributed by atoms with van der Waals surface area (Å²) in [4.78, 5) is 0. The molecule has 0 N–H and O–H groups in total. The molecule has 13 heavy (non-hydrogen) atoms. The Kier molecular flexibility index (Phi) is 5.14. The van der Waals surface area contributed by atoms with Crippen LogP contribution in [0.5, 0.6) is 0 Å². The summed E-state index contributed by atoms with van der Waals surface area (Å²) in [5.41, 5.74) is 0. The first-order valence-corrected chi connectivity index (χ1v) is 5.59. The van der Waals surface area contributed by atoms with Gasteiger partial charge in [0.2, 0.25) is 0 Å². The van der Waals surface area contributed by atoms with Crippen molar-refractivity contribution in [2.24, 2.45) is 5.92 Å². The van der Waals surface area contributed by atoms with E-state index in [1.165, 1.54) is 38.5 Å². The van der Waals surface area contributed by atoms with Crippen LogP contribution in [0.25, 0.3) is 0 Å². The van der Waals surface area contributed by atoms with E-state index in [2.05, 4.69) is 13.5 Å². The Morgan fingerprint density at radius 2 is 2.00 bits per heavy atom. The molecular weight excluding hydrogens is 160 g/mol. The number of rotatable bonds is 5.